The summed E-state index contributed by atoms with van der Waals surface area (Å²) in [5.41, 5.74) is 0.695. The van der Waals surface area contributed by atoms with Crippen LogP contribution >= 0.6 is 11.8 Å². The maximum atomic E-state index is 11.7. The Morgan fingerprint density at radius 2 is 2.07 bits per heavy atom. The molecule has 2 rings (SSSR count). The molecule has 1 fully saturated rings. The summed E-state index contributed by atoms with van der Waals surface area (Å²) >= 11 is 0.982. The fourth-order valence-electron chi connectivity index (χ4n) is 2.06. The minimum Gasteiger partial charge on any atom is -0.493 e. The smallest absolute Gasteiger partial charge is 0.331 e. The maximum Gasteiger partial charge on any atom is 0.331 e. The van der Waals surface area contributed by atoms with E-state index < -0.39 is 11.9 Å². The quantitative estimate of drug-likeness (QED) is 0.209. The normalized spacial score (nSPS) is 16.2. The van der Waals surface area contributed by atoms with Crippen LogP contribution in [0, 0.1) is 0 Å². The first-order chi connectivity index (χ1) is 13.9. The topological polar surface area (TPSA) is 128 Å². The second-order valence-corrected chi connectivity index (χ2v) is 6.51. The van der Waals surface area contributed by atoms with Gasteiger partial charge in [-0.25, -0.2) is 4.79 Å². The molecule has 11 heteroatoms. The Morgan fingerprint density at radius 3 is 2.76 bits per heavy atom. The van der Waals surface area contributed by atoms with Crippen LogP contribution in [0.25, 0.3) is 0 Å². The van der Waals surface area contributed by atoms with Crippen LogP contribution in [0.1, 0.15) is 12.5 Å². The van der Waals surface area contributed by atoms with E-state index in [1.54, 1.807) is 18.2 Å². The molecule has 10 nitrogen and oxygen atoms in total. The third-order valence-corrected chi connectivity index (χ3v) is 4.28. The van der Waals surface area contributed by atoms with Crippen molar-refractivity contribution in [3.05, 3.63) is 34.7 Å². The molecule has 1 aliphatic rings. The minimum absolute atomic E-state index is 0.127. The number of carbonyl (C=O) groups excluding carboxylic acids is 3. The number of amides is 2. The monoisotopic (exact) mass is 420 g/mol. The van der Waals surface area contributed by atoms with Gasteiger partial charge in [-0.2, -0.15) is 5.10 Å². The lowest BCUT2D eigenvalue weighted by Crippen LogP contribution is -2.25. The van der Waals surface area contributed by atoms with Gasteiger partial charge in [0.05, 0.1) is 31.9 Å². The molecule has 1 heterocycles. The van der Waals surface area contributed by atoms with Crippen molar-refractivity contribution in [2.24, 2.45) is 10.2 Å². The molecule has 0 atom stereocenters. The van der Waals surface area contributed by atoms with Crippen molar-refractivity contribution >= 4 is 40.9 Å². The first-order valence-corrected chi connectivity index (χ1v) is 9.19. The highest BCUT2D eigenvalue weighted by Gasteiger charge is 2.25. The number of ether oxygens (including phenoxy) is 3. The third kappa shape index (κ3) is 6.96. The fraction of sp³-hybridized carbons (Fsp3) is 0.278. The van der Waals surface area contributed by atoms with E-state index in [2.05, 4.69) is 25.6 Å². The van der Waals surface area contributed by atoms with E-state index in [0.29, 0.717) is 30.2 Å². The molecule has 29 heavy (non-hydrogen) atoms. The Morgan fingerprint density at radius 1 is 1.28 bits per heavy atom. The number of benzene rings is 1. The molecular formula is C18H20N4O6S. The summed E-state index contributed by atoms with van der Waals surface area (Å²) in [7, 11) is 2.74. The summed E-state index contributed by atoms with van der Waals surface area (Å²) < 4.78 is 15.4. The molecule has 0 spiro atoms. The van der Waals surface area contributed by atoms with Gasteiger partial charge in [0.1, 0.15) is 6.61 Å². The highest BCUT2D eigenvalue weighted by molar-refractivity contribution is 8.18. The summed E-state index contributed by atoms with van der Waals surface area (Å²) in [6, 6.07) is 5.17. The molecule has 0 saturated carbocycles. The van der Waals surface area contributed by atoms with Crippen molar-refractivity contribution in [2.45, 2.75) is 6.92 Å². The van der Waals surface area contributed by atoms with Gasteiger partial charge in [-0.3, -0.25) is 14.9 Å². The van der Waals surface area contributed by atoms with Gasteiger partial charge in [-0.1, -0.05) is 0 Å². The Hall–Kier alpha value is -3.34. The number of esters is 1. The van der Waals surface area contributed by atoms with E-state index in [1.165, 1.54) is 27.4 Å². The zero-order valence-corrected chi connectivity index (χ0v) is 16.9. The second-order valence-electron chi connectivity index (χ2n) is 5.48. The van der Waals surface area contributed by atoms with Crippen LogP contribution in [0.2, 0.25) is 0 Å². The molecule has 0 unspecified atom stereocenters. The third-order valence-electron chi connectivity index (χ3n) is 3.38. The molecule has 2 amide bonds. The van der Waals surface area contributed by atoms with E-state index in [-0.39, 0.29) is 16.0 Å². The van der Waals surface area contributed by atoms with Crippen molar-refractivity contribution in [3.63, 3.8) is 0 Å². The summed E-state index contributed by atoms with van der Waals surface area (Å²) in [4.78, 5) is 34.0. The summed E-state index contributed by atoms with van der Waals surface area (Å²) in [6.07, 6.45) is 2.56. The highest BCUT2D eigenvalue weighted by atomic mass is 32.2. The first-order valence-electron chi connectivity index (χ1n) is 8.38. The number of nitrogens with one attached hydrogen (secondary N) is 2. The van der Waals surface area contributed by atoms with Crippen LogP contribution in [0.4, 0.5) is 0 Å². The fourth-order valence-corrected chi connectivity index (χ4v) is 2.80. The van der Waals surface area contributed by atoms with E-state index in [0.717, 1.165) is 17.8 Å². The average Bonchev–Trinajstić information content (AvgIpc) is 3.04. The van der Waals surface area contributed by atoms with Crippen molar-refractivity contribution in [3.8, 4) is 11.5 Å². The standard InChI is InChI=1S/C18H20N4O6S/c1-11(23)19-6-7-28-13-5-4-12(8-14(13)26-2)10-20-22-18-21-17(25)15(29-18)9-16(24)27-3/h4-5,8-10H,6-7H2,1-3H3,(H,19,23)(H,21,22,25)/b15-9+,20-10?. The molecule has 1 saturated heterocycles. The van der Waals surface area contributed by atoms with E-state index in [9.17, 15) is 14.4 Å². The molecule has 0 aromatic heterocycles. The Labute approximate surface area is 171 Å². The largest absolute Gasteiger partial charge is 0.493 e. The van der Waals surface area contributed by atoms with Gasteiger partial charge >= 0.3 is 5.97 Å². The van der Waals surface area contributed by atoms with Gasteiger partial charge in [0.2, 0.25) is 5.91 Å². The molecule has 0 bridgehead atoms. The summed E-state index contributed by atoms with van der Waals surface area (Å²) in [5.74, 6) is -0.178. The van der Waals surface area contributed by atoms with Crippen molar-refractivity contribution in [2.75, 3.05) is 27.4 Å². The van der Waals surface area contributed by atoms with E-state index in [1.807, 2.05) is 0 Å². The van der Waals surface area contributed by atoms with Gasteiger partial charge in [0.15, 0.2) is 16.7 Å². The van der Waals surface area contributed by atoms with Crippen molar-refractivity contribution < 1.29 is 28.6 Å². The molecule has 154 valence electrons. The number of carbonyl (C=O) groups is 3. The number of amidine groups is 1. The number of hydrogen-bond acceptors (Lipinski definition) is 9. The molecule has 0 radical (unpaired) electrons. The summed E-state index contributed by atoms with van der Waals surface area (Å²) in [6.45, 7) is 2.12. The lowest BCUT2D eigenvalue weighted by molar-refractivity contribution is -0.135. The molecule has 1 aromatic rings. The second kappa shape index (κ2) is 10.9. The van der Waals surface area contributed by atoms with E-state index in [4.69, 9.17) is 9.47 Å². The summed E-state index contributed by atoms with van der Waals surface area (Å²) in [5, 5.41) is 13.2. The zero-order chi connectivity index (χ0) is 21.2. The Bertz CT molecular complexity index is 881. The van der Waals surface area contributed by atoms with Crippen LogP contribution in [-0.2, 0) is 19.1 Å². The number of hydrogen-bond donors (Lipinski definition) is 2. The van der Waals surface area contributed by atoms with Gasteiger partial charge in [0, 0.05) is 13.0 Å². The van der Waals surface area contributed by atoms with Gasteiger partial charge in [0.25, 0.3) is 5.91 Å². The molecule has 1 aliphatic heterocycles. The molecule has 2 N–H and O–H groups in total. The SMILES string of the molecule is COC(=O)/C=C1/S/C(=N\N=Cc2ccc(OCCNC(C)=O)c(OC)c2)NC1=O. The van der Waals surface area contributed by atoms with Gasteiger partial charge in [-0.05, 0) is 35.5 Å². The van der Waals surface area contributed by atoms with Crippen molar-refractivity contribution in [1.82, 2.24) is 10.6 Å². The van der Waals surface area contributed by atoms with Gasteiger partial charge in [-0.15, -0.1) is 5.10 Å². The number of methoxy groups -OCH3 is 2. The molecule has 1 aromatic carbocycles. The highest BCUT2D eigenvalue weighted by Crippen LogP contribution is 2.27. The predicted octanol–water partition coefficient (Wildman–Crippen LogP) is 0.820. The van der Waals surface area contributed by atoms with E-state index >= 15 is 0 Å². The lowest BCUT2D eigenvalue weighted by atomic mass is 10.2. The first kappa shape index (κ1) is 22.0. The number of thioether (sulfide) groups is 1. The lowest BCUT2D eigenvalue weighted by Gasteiger charge is -2.11. The molecular weight excluding hydrogens is 400 g/mol. The van der Waals surface area contributed by atoms with Gasteiger partial charge < -0.3 is 19.5 Å². The Balaban J connectivity index is 1.99. The van der Waals surface area contributed by atoms with Crippen LogP contribution in [0.3, 0.4) is 0 Å². The predicted molar refractivity (Wildman–Crippen MR) is 108 cm³/mol. The Kier molecular flexibility index (Phi) is 8.22. The van der Waals surface area contributed by atoms with Crippen molar-refractivity contribution in [1.29, 1.82) is 0 Å². The maximum absolute atomic E-state index is 11.7. The van der Waals surface area contributed by atoms with Crippen LogP contribution < -0.4 is 20.1 Å². The van der Waals surface area contributed by atoms with Crippen LogP contribution in [-0.4, -0.2) is 56.5 Å². The van der Waals surface area contributed by atoms with Crippen LogP contribution in [0.15, 0.2) is 39.4 Å². The number of rotatable bonds is 8. The number of nitrogens with zero attached hydrogens (tertiary/aromatic N) is 2. The minimum atomic E-state index is -0.626. The van der Waals surface area contributed by atoms with Crippen LogP contribution in [0.5, 0.6) is 11.5 Å². The zero-order valence-electron chi connectivity index (χ0n) is 16.1. The average molecular weight is 420 g/mol. The molecule has 0 aliphatic carbocycles.